The van der Waals surface area contributed by atoms with Crippen molar-refractivity contribution in [1.29, 1.82) is 10.5 Å². The third kappa shape index (κ3) is 1.39. The SMILES string of the molecule is Cc1c(C#N)ccc([N+](=O)[O-])c1C#N. The van der Waals surface area contributed by atoms with E-state index in [2.05, 4.69) is 0 Å². The Labute approximate surface area is 80.0 Å². The highest BCUT2D eigenvalue weighted by Crippen LogP contribution is 2.23. The van der Waals surface area contributed by atoms with E-state index in [4.69, 9.17) is 10.5 Å². The minimum Gasteiger partial charge on any atom is -0.258 e. The number of rotatable bonds is 1. The maximum absolute atomic E-state index is 10.5. The second kappa shape index (κ2) is 3.55. The zero-order valence-electron chi connectivity index (χ0n) is 7.31. The third-order valence-corrected chi connectivity index (χ3v) is 1.87. The monoisotopic (exact) mass is 187 g/mol. The van der Waals surface area contributed by atoms with E-state index in [0.29, 0.717) is 5.56 Å². The summed E-state index contributed by atoms with van der Waals surface area (Å²) in [5.41, 5.74) is 0.328. The lowest BCUT2D eigenvalue weighted by Crippen LogP contribution is -1.96. The summed E-state index contributed by atoms with van der Waals surface area (Å²) in [7, 11) is 0. The molecule has 0 saturated carbocycles. The predicted molar refractivity (Wildman–Crippen MR) is 47.3 cm³/mol. The van der Waals surface area contributed by atoms with Gasteiger partial charge in [0.1, 0.15) is 11.6 Å². The average molecular weight is 187 g/mol. The Kier molecular flexibility index (Phi) is 2.45. The summed E-state index contributed by atoms with van der Waals surface area (Å²) in [6, 6.07) is 6.10. The molecule has 0 bridgehead atoms. The quantitative estimate of drug-likeness (QED) is 0.493. The van der Waals surface area contributed by atoms with Crippen LogP contribution in [0.1, 0.15) is 16.7 Å². The van der Waals surface area contributed by atoms with Gasteiger partial charge in [0.2, 0.25) is 0 Å². The summed E-state index contributed by atoms with van der Waals surface area (Å²) >= 11 is 0. The Morgan fingerprint density at radius 1 is 1.36 bits per heavy atom. The average Bonchev–Trinajstić information content (AvgIpc) is 2.17. The molecular formula is C9H5N3O2. The molecule has 1 aromatic carbocycles. The number of benzene rings is 1. The topological polar surface area (TPSA) is 90.7 Å². The highest BCUT2D eigenvalue weighted by molar-refractivity contribution is 5.58. The van der Waals surface area contributed by atoms with E-state index in [0.717, 1.165) is 0 Å². The van der Waals surface area contributed by atoms with Gasteiger partial charge in [-0.3, -0.25) is 10.1 Å². The molecule has 5 nitrogen and oxygen atoms in total. The summed E-state index contributed by atoms with van der Waals surface area (Å²) in [5, 5.41) is 27.8. The van der Waals surface area contributed by atoms with E-state index in [1.54, 1.807) is 6.07 Å². The van der Waals surface area contributed by atoms with Crippen molar-refractivity contribution in [3.05, 3.63) is 38.9 Å². The molecule has 0 amide bonds. The van der Waals surface area contributed by atoms with E-state index in [1.807, 2.05) is 6.07 Å². The summed E-state index contributed by atoms with van der Waals surface area (Å²) in [6.07, 6.45) is 0. The molecule has 0 aliphatic carbocycles. The molecule has 68 valence electrons. The van der Waals surface area contributed by atoms with Crippen LogP contribution in [0.5, 0.6) is 0 Å². The molecule has 14 heavy (non-hydrogen) atoms. The van der Waals surface area contributed by atoms with Crippen LogP contribution in [-0.2, 0) is 0 Å². The third-order valence-electron chi connectivity index (χ3n) is 1.87. The first-order valence-corrected chi connectivity index (χ1v) is 3.70. The second-order valence-corrected chi connectivity index (χ2v) is 2.61. The summed E-state index contributed by atoms with van der Waals surface area (Å²) in [6.45, 7) is 1.52. The summed E-state index contributed by atoms with van der Waals surface area (Å²) < 4.78 is 0. The Morgan fingerprint density at radius 3 is 2.43 bits per heavy atom. The van der Waals surface area contributed by atoms with Crippen LogP contribution in [0, 0.1) is 39.7 Å². The fourth-order valence-electron chi connectivity index (χ4n) is 1.11. The lowest BCUT2D eigenvalue weighted by atomic mass is 10.0. The van der Waals surface area contributed by atoms with Crippen LogP contribution in [0.2, 0.25) is 0 Å². The standard InChI is InChI=1S/C9H5N3O2/c1-6-7(4-10)2-3-9(12(13)14)8(6)5-11/h2-3H,1H3. The van der Waals surface area contributed by atoms with Crippen LogP contribution in [0.3, 0.4) is 0 Å². The van der Waals surface area contributed by atoms with Crippen molar-refractivity contribution in [2.24, 2.45) is 0 Å². The molecule has 0 heterocycles. The molecule has 0 saturated heterocycles. The van der Waals surface area contributed by atoms with Gasteiger partial charge in [-0.25, -0.2) is 0 Å². The lowest BCUT2D eigenvalue weighted by Gasteiger charge is -2.00. The van der Waals surface area contributed by atoms with Gasteiger partial charge in [0.25, 0.3) is 5.69 Å². The highest BCUT2D eigenvalue weighted by Gasteiger charge is 2.17. The first-order valence-electron chi connectivity index (χ1n) is 3.70. The zero-order valence-corrected chi connectivity index (χ0v) is 7.31. The maximum Gasteiger partial charge on any atom is 0.287 e. The van der Waals surface area contributed by atoms with Crippen molar-refractivity contribution in [3.8, 4) is 12.1 Å². The normalized spacial score (nSPS) is 8.79. The van der Waals surface area contributed by atoms with Crippen molar-refractivity contribution in [2.45, 2.75) is 6.92 Å². The number of nitrogens with zero attached hydrogens (tertiary/aromatic N) is 3. The van der Waals surface area contributed by atoms with Gasteiger partial charge >= 0.3 is 0 Å². The predicted octanol–water partition coefficient (Wildman–Crippen LogP) is 1.65. The van der Waals surface area contributed by atoms with Gasteiger partial charge in [-0.15, -0.1) is 0 Å². The van der Waals surface area contributed by atoms with Gasteiger partial charge in [-0.1, -0.05) is 0 Å². The molecule has 1 rings (SSSR count). The Balaban J connectivity index is 3.56. The fraction of sp³-hybridized carbons (Fsp3) is 0.111. The van der Waals surface area contributed by atoms with Gasteiger partial charge < -0.3 is 0 Å². The van der Waals surface area contributed by atoms with Crippen molar-refractivity contribution in [1.82, 2.24) is 0 Å². The van der Waals surface area contributed by atoms with E-state index in [9.17, 15) is 10.1 Å². The van der Waals surface area contributed by atoms with Gasteiger partial charge in [0, 0.05) is 6.07 Å². The molecule has 0 spiro atoms. The van der Waals surface area contributed by atoms with E-state index < -0.39 is 4.92 Å². The number of hydrogen-bond donors (Lipinski definition) is 0. The zero-order chi connectivity index (χ0) is 10.7. The first kappa shape index (κ1) is 9.69. The molecule has 0 N–H and O–H groups in total. The van der Waals surface area contributed by atoms with Crippen molar-refractivity contribution >= 4 is 5.69 Å². The first-order chi connectivity index (χ1) is 6.61. The number of hydrogen-bond acceptors (Lipinski definition) is 4. The molecule has 5 heteroatoms. The lowest BCUT2D eigenvalue weighted by molar-refractivity contribution is -0.385. The van der Waals surface area contributed by atoms with Crippen molar-refractivity contribution < 1.29 is 4.92 Å². The van der Waals surface area contributed by atoms with E-state index in [-0.39, 0.29) is 16.8 Å². The smallest absolute Gasteiger partial charge is 0.258 e. The minimum atomic E-state index is -0.632. The van der Waals surface area contributed by atoms with Crippen LogP contribution >= 0.6 is 0 Å². The van der Waals surface area contributed by atoms with E-state index >= 15 is 0 Å². The van der Waals surface area contributed by atoms with Crippen molar-refractivity contribution in [2.75, 3.05) is 0 Å². The molecule has 0 radical (unpaired) electrons. The van der Waals surface area contributed by atoms with Gasteiger partial charge in [-0.2, -0.15) is 10.5 Å². The van der Waals surface area contributed by atoms with Gasteiger partial charge in [0.15, 0.2) is 0 Å². The maximum atomic E-state index is 10.5. The fourth-order valence-corrected chi connectivity index (χ4v) is 1.11. The second-order valence-electron chi connectivity index (χ2n) is 2.61. The number of nitro groups is 1. The molecule has 0 atom stereocenters. The summed E-state index contributed by atoms with van der Waals surface area (Å²) in [5.74, 6) is 0. The van der Waals surface area contributed by atoms with Crippen LogP contribution in [0.4, 0.5) is 5.69 Å². The van der Waals surface area contributed by atoms with Crippen molar-refractivity contribution in [3.63, 3.8) is 0 Å². The summed E-state index contributed by atoms with van der Waals surface area (Å²) in [4.78, 5) is 9.87. The molecule has 0 aromatic heterocycles. The van der Waals surface area contributed by atoms with Crippen LogP contribution in [-0.4, -0.2) is 4.92 Å². The Morgan fingerprint density at radius 2 is 2.00 bits per heavy atom. The van der Waals surface area contributed by atoms with Crippen LogP contribution in [0.25, 0.3) is 0 Å². The van der Waals surface area contributed by atoms with E-state index in [1.165, 1.54) is 19.1 Å². The van der Waals surface area contributed by atoms with Gasteiger partial charge in [-0.05, 0) is 18.6 Å². The molecular weight excluding hydrogens is 182 g/mol. The minimum absolute atomic E-state index is 0.0472. The molecule has 0 unspecified atom stereocenters. The van der Waals surface area contributed by atoms with Crippen LogP contribution < -0.4 is 0 Å². The Bertz CT molecular complexity index is 480. The molecule has 0 aliphatic heterocycles. The highest BCUT2D eigenvalue weighted by atomic mass is 16.6. The largest absolute Gasteiger partial charge is 0.287 e. The van der Waals surface area contributed by atoms with Crippen LogP contribution in [0.15, 0.2) is 12.1 Å². The Hall–Kier alpha value is -2.40. The molecule has 0 aliphatic rings. The number of nitro benzene ring substituents is 1. The molecule has 0 fully saturated rings. The number of nitriles is 2. The van der Waals surface area contributed by atoms with Gasteiger partial charge in [0.05, 0.1) is 16.6 Å². The molecule has 1 aromatic rings.